The lowest BCUT2D eigenvalue weighted by Gasteiger charge is -2.25. The van der Waals surface area contributed by atoms with Crippen molar-refractivity contribution < 1.29 is 28.6 Å². The number of rotatable bonds is 11. The predicted octanol–water partition coefficient (Wildman–Crippen LogP) is 13.8. The summed E-state index contributed by atoms with van der Waals surface area (Å²) in [5, 5.41) is 6.51. The van der Waals surface area contributed by atoms with Crippen LogP contribution < -0.4 is 19.5 Å². The number of carbonyl (C=O) groups excluding carboxylic acids is 3. The van der Waals surface area contributed by atoms with Gasteiger partial charge in [-0.15, -0.1) is 0 Å². The third-order valence-corrected chi connectivity index (χ3v) is 17.4. The second kappa shape index (κ2) is 24.2. The van der Waals surface area contributed by atoms with Crippen LogP contribution in [0.15, 0.2) is 132 Å². The molecule has 13 rings (SSSR count). The number of hydrogen-bond donors (Lipinski definition) is 1. The van der Waals surface area contributed by atoms with Crippen molar-refractivity contribution >= 4 is 66.0 Å². The fourth-order valence-electron chi connectivity index (χ4n) is 12.2. The van der Waals surface area contributed by atoms with Crippen molar-refractivity contribution in [2.24, 2.45) is 17.8 Å². The van der Waals surface area contributed by atoms with Crippen LogP contribution >= 0.6 is 15.9 Å². The van der Waals surface area contributed by atoms with Gasteiger partial charge in [-0.2, -0.15) is 0 Å². The highest BCUT2D eigenvalue weighted by Gasteiger charge is 2.31. The van der Waals surface area contributed by atoms with Crippen LogP contribution in [-0.2, 0) is 40.3 Å². The van der Waals surface area contributed by atoms with E-state index in [9.17, 15) is 14.4 Å². The zero-order valence-corrected chi connectivity index (χ0v) is 47.4. The Kier molecular flexibility index (Phi) is 16.6. The van der Waals surface area contributed by atoms with Crippen molar-refractivity contribution in [2.45, 2.75) is 123 Å². The number of likely N-dealkylation sites (N-methyl/N-ethyl adjacent to an activating group) is 1. The molecule has 5 aliphatic rings. The van der Waals surface area contributed by atoms with Crippen molar-refractivity contribution in [3.63, 3.8) is 0 Å². The van der Waals surface area contributed by atoms with Gasteiger partial charge in [0.05, 0.1) is 34.9 Å². The third kappa shape index (κ3) is 12.8. The van der Waals surface area contributed by atoms with Gasteiger partial charge in [0, 0.05) is 115 Å². The number of pyridine rings is 3. The zero-order chi connectivity index (χ0) is 54.6. The summed E-state index contributed by atoms with van der Waals surface area (Å²) in [6, 6.07) is 38.0. The number of ketones is 3. The number of carbonyl (C=O) groups is 3. The van der Waals surface area contributed by atoms with Crippen LogP contribution in [-0.4, -0.2) is 75.7 Å². The van der Waals surface area contributed by atoms with Gasteiger partial charge in [-0.05, 0) is 196 Å². The number of benzene rings is 5. The van der Waals surface area contributed by atoms with Gasteiger partial charge in [-0.25, -0.2) is 0 Å². The average molecular weight is 1120 g/mol. The Hall–Kier alpha value is -6.86. The molecule has 2 aliphatic heterocycles. The second-order valence-electron chi connectivity index (χ2n) is 22.5. The van der Waals surface area contributed by atoms with E-state index in [1.165, 1.54) is 33.4 Å². The van der Waals surface area contributed by atoms with Gasteiger partial charge in [0.15, 0.2) is 0 Å². The van der Waals surface area contributed by atoms with Crippen LogP contribution in [0.2, 0.25) is 0 Å². The topological polar surface area (TPSA) is 133 Å². The number of nitrogens with one attached hydrogen (secondary N) is 1. The lowest BCUT2D eigenvalue weighted by atomic mass is 9.94. The Bertz CT molecular complexity index is 3570. The number of nitrogens with zero attached hydrogens (tertiary/aromatic N) is 4. The summed E-state index contributed by atoms with van der Waals surface area (Å²) in [6.07, 6.45) is 14.4. The molecule has 406 valence electrons. The third-order valence-electron chi connectivity index (χ3n) is 17.0. The fraction of sp³-hybridized carbons (Fsp3) is 0.373. The summed E-state index contributed by atoms with van der Waals surface area (Å²) in [4.78, 5) is 50.8. The first kappa shape index (κ1) is 54.1. The molecule has 79 heavy (non-hydrogen) atoms. The fourth-order valence-corrected chi connectivity index (χ4v) is 12.6. The van der Waals surface area contributed by atoms with E-state index >= 15 is 0 Å². The zero-order valence-electron chi connectivity index (χ0n) is 45.8. The van der Waals surface area contributed by atoms with Crippen LogP contribution in [0.1, 0.15) is 101 Å². The summed E-state index contributed by atoms with van der Waals surface area (Å²) >= 11 is 3.49. The average Bonchev–Trinajstić information content (AvgIpc) is 4.30. The molecule has 3 saturated carbocycles. The molecule has 3 aromatic heterocycles. The number of Topliss-reactive ketones (excluding diaryl/α,β-unsaturated/α-hetero) is 3. The van der Waals surface area contributed by atoms with Crippen LogP contribution in [0.4, 0.5) is 0 Å². The van der Waals surface area contributed by atoms with Crippen LogP contribution in [0.3, 0.4) is 0 Å². The molecule has 0 bridgehead atoms. The molecule has 0 amide bonds. The molecule has 12 heteroatoms. The monoisotopic (exact) mass is 1120 g/mol. The van der Waals surface area contributed by atoms with E-state index in [2.05, 4.69) is 135 Å². The van der Waals surface area contributed by atoms with Crippen LogP contribution in [0.25, 0.3) is 55.0 Å². The van der Waals surface area contributed by atoms with Gasteiger partial charge in [-0.3, -0.25) is 29.3 Å². The summed E-state index contributed by atoms with van der Waals surface area (Å²) in [6.45, 7) is 10.3. The van der Waals surface area contributed by atoms with E-state index in [-0.39, 0.29) is 18.3 Å². The van der Waals surface area contributed by atoms with Crippen LogP contribution in [0, 0.1) is 17.8 Å². The minimum atomic E-state index is 0.00675. The molecule has 5 aromatic carbocycles. The van der Waals surface area contributed by atoms with Crippen molar-refractivity contribution in [1.29, 1.82) is 0 Å². The maximum absolute atomic E-state index is 11.7. The van der Waals surface area contributed by atoms with Gasteiger partial charge < -0.3 is 24.4 Å². The lowest BCUT2D eigenvalue weighted by molar-refractivity contribution is -0.118. The maximum atomic E-state index is 11.7. The molecule has 1 N–H and O–H groups in total. The molecular formula is C67H70BrN5O6. The quantitative estimate of drug-likeness (QED) is 0.133. The van der Waals surface area contributed by atoms with E-state index in [1.807, 2.05) is 55.7 Å². The highest BCUT2D eigenvalue weighted by atomic mass is 79.9. The molecule has 0 radical (unpaired) electrons. The predicted molar refractivity (Wildman–Crippen MR) is 317 cm³/mol. The summed E-state index contributed by atoms with van der Waals surface area (Å²) < 4.78 is 20.0. The highest BCUT2D eigenvalue weighted by Crippen LogP contribution is 2.39. The Morgan fingerprint density at radius 1 is 0.506 bits per heavy atom. The SMILES string of the molecule is C[C@@H](Oc1cc(-c2ccc3c(c2)CN(C)CC3)cc2ncccc12)[C@H]1CCC(=O)C1.C[C@@H](Oc1cc(-c2ccc3c(c2)CNCC3)cc2ncccc12)[C@H]1CCC(=O)C1.C[C@@H](Oc1cc(Br)cc2ncccc12)[C@H]1CCC(=O)C1. The molecule has 3 fully saturated rings. The lowest BCUT2D eigenvalue weighted by Crippen LogP contribution is -2.26. The Morgan fingerprint density at radius 2 is 0.949 bits per heavy atom. The minimum Gasteiger partial charge on any atom is -0.490 e. The number of aromatic nitrogens is 3. The minimum absolute atomic E-state index is 0.00675. The van der Waals surface area contributed by atoms with Crippen molar-refractivity contribution in [1.82, 2.24) is 25.2 Å². The molecule has 3 aliphatic carbocycles. The smallest absolute Gasteiger partial charge is 0.133 e. The van der Waals surface area contributed by atoms with Gasteiger partial charge in [-0.1, -0.05) is 40.2 Å². The number of ether oxygens (including phenoxy) is 3. The Balaban J connectivity index is 0.000000128. The summed E-state index contributed by atoms with van der Waals surface area (Å²) in [5.74, 6) is 4.53. The van der Waals surface area contributed by atoms with E-state index in [1.54, 1.807) is 6.20 Å². The van der Waals surface area contributed by atoms with Gasteiger partial charge in [0.1, 0.15) is 34.6 Å². The second-order valence-corrected chi connectivity index (χ2v) is 23.5. The molecule has 11 nitrogen and oxygen atoms in total. The Labute approximate surface area is 472 Å². The number of fused-ring (bicyclic) bond motifs is 5. The molecule has 5 heterocycles. The van der Waals surface area contributed by atoms with Crippen molar-refractivity contribution in [2.75, 3.05) is 20.1 Å². The summed E-state index contributed by atoms with van der Waals surface area (Å²) in [7, 11) is 2.18. The first-order valence-electron chi connectivity index (χ1n) is 28.4. The number of hydrogen-bond acceptors (Lipinski definition) is 11. The number of halogens is 1. The summed E-state index contributed by atoms with van der Waals surface area (Å²) in [5.41, 5.74) is 13.1. The van der Waals surface area contributed by atoms with Crippen molar-refractivity contribution in [3.8, 4) is 39.5 Å². The highest BCUT2D eigenvalue weighted by molar-refractivity contribution is 9.10. The molecule has 6 atom stereocenters. The maximum Gasteiger partial charge on any atom is 0.133 e. The van der Waals surface area contributed by atoms with Gasteiger partial charge in [0.25, 0.3) is 0 Å². The standard InChI is InChI=1S/C26H28N2O2.C25H26N2O2.C16H16BrNO2/c1-17(19-7-8-23(29)13-19)30-26-15-21(14-25-24(26)4-3-10-27-25)20-6-5-18-9-11-28(2)16-22(18)12-20;1-16(18-6-7-22(28)12-18)29-25-14-20(13-24-23(25)3-2-9-27-24)19-5-4-17-8-10-26-15-21(17)11-19;1-10(11-4-5-13(19)7-11)20-16-9-12(17)8-15-14(16)3-2-6-18-15/h3-6,10,12,14-15,17,19H,7-9,11,13,16H2,1-2H3;2-5,9,11,13-14,16,18,26H,6-8,10,12,15H2,1H3;2-3,6,8-11H,4-5,7H2,1H3/t17-,19+;16-,18+;10-,11+/m111/s1. The molecular weight excluding hydrogens is 1050 g/mol. The Morgan fingerprint density at radius 3 is 1.42 bits per heavy atom. The first-order chi connectivity index (χ1) is 38.4. The van der Waals surface area contributed by atoms with Crippen molar-refractivity contribution in [3.05, 3.63) is 155 Å². The molecule has 8 aromatic rings. The first-order valence-corrected chi connectivity index (χ1v) is 29.2. The van der Waals surface area contributed by atoms with E-state index < -0.39 is 0 Å². The van der Waals surface area contributed by atoms with E-state index in [0.717, 1.165) is 124 Å². The molecule has 0 unspecified atom stereocenters. The van der Waals surface area contributed by atoms with E-state index in [4.69, 9.17) is 14.2 Å². The van der Waals surface area contributed by atoms with Gasteiger partial charge >= 0.3 is 0 Å². The molecule has 0 saturated heterocycles. The van der Waals surface area contributed by atoms with Crippen LogP contribution in [0.5, 0.6) is 17.2 Å². The van der Waals surface area contributed by atoms with Gasteiger partial charge in [0.2, 0.25) is 0 Å². The largest absolute Gasteiger partial charge is 0.490 e. The normalized spacial score (nSPS) is 20.2. The van der Waals surface area contributed by atoms with E-state index in [0.29, 0.717) is 73.6 Å². The molecule has 0 spiro atoms.